The van der Waals surface area contributed by atoms with Crippen molar-refractivity contribution >= 4 is 91.2 Å². The highest BCUT2D eigenvalue weighted by Crippen LogP contribution is 2.40. The van der Waals surface area contributed by atoms with Gasteiger partial charge in [-0.3, -0.25) is 9.59 Å². The number of rotatable bonds is 18. The number of anilines is 6. The number of amides is 2. The van der Waals surface area contributed by atoms with Gasteiger partial charge in [-0.2, -0.15) is 0 Å². The zero-order valence-corrected chi connectivity index (χ0v) is 39.3. The summed E-state index contributed by atoms with van der Waals surface area (Å²) in [6, 6.07) is 14.7. The number of carbonyl (C=O) groups is 2. The molecule has 3 N–H and O–H groups in total. The first kappa shape index (κ1) is 48.2. The van der Waals surface area contributed by atoms with Crippen molar-refractivity contribution in [1.29, 1.82) is 0 Å². The van der Waals surface area contributed by atoms with Crippen molar-refractivity contribution < 1.29 is 37.3 Å². The Morgan fingerprint density at radius 1 is 0.779 bits per heavy atom. The molecule has 0 saturated carbocycles. The van der Waals surface area contributed by atoms with Crippen LogP contribution in [0.15, 0.2) is 85.5 Å². The van der Waals surface area contributed by atoms with E-state index < -0.39 is 23.6 Å². The van der Waals surface area contributed by atoms with Gasteiger partial charge in [0.15, 0.2) is 0 Å². The number of nitrogens with zero attached hydrogens (tertiary/aromatic N) is 7. The van der Waals surface area contributed by atoms with Crippen molar-refractivity contribution in [3.8, 4) is 11.5 Å². The van der Waals surface area contributed by atoms with Gasteiger partial charge in [-0.15, -0.1) is 0 Å². The third-order valence-electron chi connectivity index (χ3n) is 11.0. The predicted molar refractivity (Wildman–Crippen MR) is 259 cm³/mol. The maximum Gasteiger partial charge on any atom is 0.248 e. The van der Waals surface area contributed by atoms with E-state index in [4.69, 9.17) is 47.1 Å². The van der Waals surface area contributed by atoms with Crippen molar-refractivity contribution in [2.45, 2.75) is 37.5 Å². The van der Waals surface area contributed by atoms with Crippen molar-refractivity contribution in [3.05, 3.63) is 107 Å². The summed E-state index contributed by atoms with van der Waals surface area (Å²) < 4.78 is 53.0. The Labute approximate surface area is 401 Å². The lowest BCUT2D eigenvalue weighted by atomic mass is 10.1. The number of benzene rings is 4. The van der Waals surface area contributed by atoms with E-state index >= 15 is 0 Å². The number of ether oxygens (including phenoxy) is 4. The summed E-state index contributed by atoms with van der Waals surface area (Å²) in [6.45, 7) is 2.65. The van der Waals surface area contributed by atoms with E-state index in [0.29, 0.717) is 120 Å². The van der Waals surface area contributed by atoms with Crippen LogP contribution in [0, 0.1) is 11.6 Å². The Hall–Kier alpha value is -6.28. The highest BCUT2D eigenvalue weighted by atomic mass is 35.5. The highest BCUT2D eigenvalue weighted by molar-refractivity contribution is 6.31. The van der Waals surface area contributed by atoms with Crippen LogP contribution in [0.2, 0.25) is 10.0 Å². The third kappa shape index (κ3) is 11.9. The SMILES string of the molecule is CN(C)C/C=C/C(=O)Nc1cc2c(N(c3ccc(F)c(Cl)c3)C(CC(=O)Nc3cc4c(Nc5ccc(F)c(Cl)c5)ncnc4cc3O[C@H]3CCOC3)CN(C)C)ncnc2cc1O[C@H]1CCOC1. The van der Waals surface area contributed by atoms with Gasteiger partial charge in [0.1, 0.15) is 59.6 Å². The lowest BCUT2D eigenvalue weighted by molar-refractivity contribution is -0.116. The quantitative estimate of drug-likeness (QED) is 0.0703. The number of nitrogens with one attached hydrogen (secondary N) is 3. The number of hydrogen-bond acceptors (Lipinski definition) is 14. The van der Waals surface area contributed by atoms with Crippen LogP contribution in [0.4, 0.5) is 43.2 Å². The van der Waals surface area contributed by atoms with Crippen LogP contribution in [0.3, 0.4) is 0 Å². The minimum absolute atomic E-state index is 0.0700. The van der Waals surface area contributed by atoms with E-state index in [1.54, 1.807) is 36.4 Å². The molecular weight excluding hydrogens is 921 g/mol. The number of carbonyl (C=O) groups excluding carboxylic acids is 2. The number of likely N-dealkylation sites (N-methyl/N-ethyl adjacent to an activating group) is 2. The largest absolute Gasteiger partial charge is 0.486 e. The van der Waals surface area contributed by atoms with Crippen LogP contribution in [-0.2, 0) is 19.1 Å². The van der Waals surface area contributed by atoms with Crippen LogP contribution in [-0.4, -0.2) is 128 Å². The highest BCUT2D eigenvalue weighted by Gasteiger charge is 2.30. The Morgan fingerprint density at radius 2 is 1.40 bits per heavy atom. The van der Waals surface area contributed by atoms with E-state index in [9.17, 15) is 18.4 Å². The third-order valence-corrected chi connectivity index (χ3v) is 11.6. The van der Waals surface area contributed by atoms with Gasteiger partial charge in [-0.05, 0) is 76.7 Å². The maximum atomic E-state index is 14.9. The van der Waals surface area contributed by atoms with E-state index in [0.717, 1.165) is 0 Å². The van der Waals surface area contributed by atoms with Crippen LogP contribution < -0.4 is 30.3 Å². The monoisotopic (exact) mass is 970 g/mol. The van der Waals surface area contributed by atoms with Crippen molar-refractivity contribution in [3.63, 3.8) is 0 Å². The second-order valence-corrected chi connectivity index (χ2v) is 17.7. The van der Waals surface area contributed by atoms with Crippen LogP contribution in [0.5, 0.6) is 11.5 Å². The zero-order valence-electron chi connectivity index (χ0n) is 37.8. The molecule has 16 nitrogen and oxygen atoms in total. The van der Waals surface area contributed by atoms with E-state index in [2.05, 4.69) is 30.9 Å². The van der Waals surface area contributed by atoms with Crippen LogP contribution in [0.25, 0.3) is 21.8 Å². The molecule has 6 aromatic rings. The minimum atomic E-state index is -0.694. The predicted octanol–water partition coefficient (Wildman–Crippen LogP) is 8.39. The lowest BCUT2D eigenvalue weighted by Gasteiger charge is -2.35. The Morgan fingerprint density at radius 3 is 2.01 bits per heavy atom. The van der Waals surface area contributed by atoms with Crippen LogP contribution in [0.1, 0.15) is 19.3 Å². The normalized spacial score (nSPS) is 16.5. The second-order valence-electron chi connectivity index (χ2n) is 16.9. The topological polar surface area (TPSA) is 168 Å². The Balaban J connectivity index is 1.19. The summed E-state index contributed by atoms with van der Waals surface area (Å²) >= 11 is 12.6. The van der Waals surface area contributed by atoms with Gasteiger partial charge < -0.3 is 49.6 Å². The molecule has 2 aliphatic rings. The molecule has 4 aromatic carbocycles. The fourth-order valence-corrected chi connectivity index (χ4v) is 8.23. The molecule has 8 rings (SSSR count). The summed E-state index contributed by atoms with van der Waals surface area (Å²) in [5, 5.41) is 10.1. The van der Waals surface area contributed by atoms with Gasteiger partial charge in [0, 0.05) is 72.7 Å². The number of halogens is 4. The molecule has 4 heterocycles. The summed E-state index contributed by atoms with van der Waals surface area (Å²) in [6.07, 6.45) is 6.60. The molecular formula is C48H50Cl2F2N10O6. The van der Waals surface area contributed by atoms with Gasteiger partial charge in [0.2, 0.25) is 11.8 Å². The smallest absolute Gasteiger partial charge is 0.248 e. The van der Waals surface area contributed by atoms with Gasteiger partial charge in [0.05, 0.1) is 64.9 Å². The molecule has 0 bridgehead atoms. The maximum absolute atomic E-state index is 14.9. The summed E-state index contributed by atoms with van der Waals surface area (Å²) in [5.74, 6) is -0.538. The fourth-order valence-electron chi connectivity index (χ4n) is 7.88. The first-order valence-corrected chi connectivity index (χ1v) is 22.6. The molecule has 2 fully saturated rings. The van der Waals surface area contributed by atoms with Crippen molar-refractivity contribution in [2.24, 2.45) is 0 Å². The van der Waals surface area contributed by atoms with E-state index in [-0.39, 0.29) is 34.6 Å². The zero-order chi connectivity index (χ0) is 47.9. The molecule has 3 atom stereocenters. The Bertz CT molecular complexity index is 2830. The lowest BCUT2D eigenvalue weighted by Crippen LogP contribution is -2.42. The molecule has 0 aliphatic carbocycles. The number of fused-ring (bicyclic) bond motifs is 2. The van der Waals surface area contributed by atoms with Crippen molar-refractivity contribution in [1.82, 2.24) is 29.7 Å². The number of hydrogen-bond donors (Lipinski definition) is 3. The molecule has 2 aliphatic heterocycles. The first-order valence-electron chi connectivity index (χ1n) is 21.9. The molecule has 2 amide bonds. The van der Waals surface area contributed by atoms with Gasteiger partial charge in [-0.1, -0.05) is 29.3 Å². The summed E-state index contributed by atoms with van der Waals surface area (Å²) in [5.41, 5.74) is 2.58. The molecule has 0 spiro atoms. The molecule has 0 radical (unpaired) electrons. The molecule has 2 saturated heterocycles. The average Bonchev–Trinajstić information content (AvgIpc) is 4.02. The number of aromatic nitrogens is 4. The average molecular weight is 972 g/mol. The summed E-state index contributed by atoms with van der Waals surface area (Å²) in [7, 11) is 7.54. The standard InChI is InChI=1S/C48H50Cl2F2N10O6/c1-60(2)13-5-6-45(63)58-42-20-34-40(22-44(42)68-32-12-15-66-25-32)54-27-56-48(34)62(29-8-10-38(52)36(50)17-29)30(23-61(3)4)18-46(64)59-41-19-33-39(21-43(41)67-31-11-14-65-24-31)53-26-55-47(33)57-28-7-9-37(51)35(49)16-28/h5-10,16-17,19-22,26-27,30-32H,11-15,18,23-25H2,1-4H3,(H,58,63)(H,59,64)(H,53,55,57)/b6-5+/t30?,31-,32-/m0/s1. The minimum Gasteiger partial charge on any atom is -0.486 e. The summed E-state index contributed by atoms with van der Waals surface area (Å²) in [4.78, 5) is 52.1. The van der Waals surface area contributed by atoms with Gasteiger partial charge in [0.25, 0.3) is 0 Å². The van der Waals surface area contributed by atoms with E-state index in [1.165, 1.54) is 49.1 Å². The molecule has 356 valence electrons. The molecule has 2 aromatic heterocycles. The van der Waals surface area contributed by atoms with Gasteiger partial charge in [-0.25, -0.2) is 28.7 Å². The van der Waals surface area contributed by atoms with Crippen LogP contribution >= 0.6 is 23.2 Å². The van der Waals surface area contributed by atoms with E-state index in [1.807, 2.05) is 42.9 Å². The fraction of sp³-hybridized carbons (Fsp3) is 0.333. The molecule has 20 heteroatoms. The second kappa shape index (κ2) is 21.8. The van der Waals surface area contributed by atoms with Crippen molar-refractivity contribution in [2.75, 3.05) is 88.6 Å². The molecule has 1 unspecified atom stereocenters. The molecule has 68 heavy (non-hydrogen) atoms. The Kier molecular flexibility index (Phi) is 15.4. The first-order chi connectivity index (χ1) is 32.8. The van der Waals surface area contributed by atoms with Gasteiger partial charge >= 0.3 is 0 Å².